The summed E-state index contributed by atoms with van der Waals surface area (Å²) in [6, 6.07) is 0. The first-order valence-corrected chi connectivity index (χ1v) is 12.7. The summed E-state index contributed by atoms with van der Waals surface area (Å²) in [6.45, 7) is -6.23. The molecule has 50 heavy (non-hydrogen) atoms. The van der Waals surface area contributed by atoms with Crippen molar-refractivity contribution in [1.29, 1.82) is 0 Å². The molecule has 0 aliphatic carbocycles. The summed E-state index contributed by atoms with van der Waals surface area (Å²) in [4.78, 5) is 87.8. The quantitative estimate of drug-likeness (QED) is 0.0449. The van der Waals surface area contributed by atoms with Gasteiger partial charge in [0.2, 0.25) is 0 Å². The van der Waals surface area contributed by atoms with Gasteiger partial charge in [-0.25, -0.2) is 0 Å². The van der Waals surface area contributed by atoms with E-state index in [0.29, 0.717) is 0 Å². The van der Waals surface area contributed by atoms with E-state index in [0.717, 1.165) is 19.6 Å². The molecular formula is C23H36N4Na4O19. The molecule has 0 aromatic rings. The predicted molar refractivity (Wildman–Crippen MR) is 137 cm³/mol. The molecule has 0 heterocycles. The van der Waals surface area contributed by atoms with Gasteiger partial charge in [0.1, 0.15) is 6.10 Å². The number of carbonyl (C=O) groups excluding carboxylic acids is 4. The van der Waals surface area contributed by atoms with Gasteiger partial charge in [0.05, 0.1) is 63.3 Å². The molecule has 23 nitrogen and oxygen atoms in total. The number of nitrogens with zero attached hydrogens (tertiary/aromatic N) is 4. The van der Waals surface area contributed by atoms with E-state index in [-0.39, 0.29) is 158 Å². The fourth-order valence-corrected chi connectivity index (χ4v) is 2.97. The minimum absolute atomic E-state index is 0. The van der Waals surface area contributed by atoms with E-state index in [9.17, 15) is 58.8 Å². The van der Waals surface area contributed by atoms with Gasteiger partial charge in [-0.05, 0) is 0 Å². The van der Waals surface area contributed by atoms with Crippen molar-refractivity contribution in [3.8, 4) is 0 Å². The predicted octanol–water partition coefficient (Wildman–Crippen LogP) is -23.1. The van der Waals surface area contributed by atoms with Gasteiger partial charge in [-0.1, -0.05) is 0 Å². The zero-order chi connectivity index (χ0) is 36.4. The van der Waals surface area contributed by atoms with Gasteiger partial charge in [0.25, 0.3) is 0 Å². The molecule has 0 rings (SSSR count). The zero-order valence-electron chi connectivity index (χ0n) is 28.3. The van der Waals surface area contributed by atoms with Gasteiger partial charge < -0.3 is 75.3 Å². The van der Waals surface area contributed by atoms with E-state index in [1.165, 1.54) is 0 Å². The number of carboxylic acids is 8. The van der Waals surface area contributed by atoms with E-state index < -0.39 is 106 Å². The minimum Gasteiger partial charge on any atom is -0.549 e. The van der Waals surface area contributed by atoms with Crippen LogP contribution in [0.25, 0.3) is 0 Å². The van der Waals surface area contributed by atoms with E-state index in [1.807, 2.05) is 0 Å². The Balaban J connectivity index is -0.000000119. The molecule has 0 bridgehead atoms. The monoisotopic (exact) mass is 764 g/mol. The van der Waals surface area contributed by atoms with E-state index in [1.54, 1.807) is 0 Å². The number of rotatable bonds is 24. The number of hydrogen-bond acceptors (Lipinski definition) is 19. The second-order valence-corrected chi connectivity index (χ2v) is 8.92. The summed E-state index contributed by atoms with van der Waals surface area (Å²) in [5, 5.41) is 100. The van der Waals surface area contributed by atoms with Crippen LogP contribution in [0.2, 0.25) is 0 Å². The third-order valence-electron chi connectivity index (χ3n) is 4.73. The molecule has 0 spiro atoms. The van der Waals surface area contributed by atoms with E-state index in [4.69, 9.17) is 35.7 Å². The average Bonchev–Trinajstić information content (AvgIpc) is 2.87. The molecule has 0 saturated heterocycles. The first-order chi connectivity index (χ1) is 21.2. The van der Waals surface area contributed by atoms with E-state index in [2.05, 4.69) is 0 Å². The van der Waals surface area contributed by atoms with Gasteiger partial charge in [0.15, 0.2) is 0 Å². The second kappa shape index (κ2) is 39.7. The van der Waals surface area contributed by atoms with Crippen LogP contribution in [0.4, 0.5) is 0 Å². The van der Waals surface area contributed by atoms with E-state index >= 15 is 0 Å². The molecule has 0 radical (unpaired) electrons. The third kappa shape index (κ3) is 49.6. The summed E-state index contributed by atoms with van der Waals surface area (Å²) in [5.41, 5.74) is 0. The van der Waals surface area contributed by atoms with Crippen LogP contribution in [0.5, 0.6) is 0 Å². The Morgan fingerprint density at radius 1 is 0.400 bits per heavy atom. The van der Waals surface area contributed by atoms with Crippen LogP contribution in [-0.4, -0.2) is 201 Å². The summed E-state index contributed by atoms with van der Waals surface area (Å²) >= 11 is 0. The van der Waals surface area contributed by atoms with Crippen LogP contribution in [0.3, 0.4) is 0 Å². The van der Waals surface area contributed by atoms with Crippen LogP contribution in [0.1, 0.15) is 0 Å². The summed E-state index contributed by atoms with van der Waals surface area (Å²) in [6.07, 6.45) is -0.954. The molecule has 0 atom stereocenters. The number of carboxylic acid groups (broad SMARTS) is 8. The number of aliphatic carboxylic acids is 8. The Bertz CT molecular complexity index is 803. The van der Waals surface area contributed by atoms with Gasteiger partial charge in [-0.2, -0.15) is 0 Å². The molecule has 0 saturated carbocycles. The fraction of sp³-hybridized carbons (Fsp3) is 0.652. The molecule has 0 aromatic carbocycles. The smallest absolute Gasteiger partial charge is 0.549 e. The molecule has 0 aliphatic heterocycles. The molecule has 0 aliphatic rings. The average molecular weight is 765 g/mol. The Kier molecular flexibility index (Phi) is 51.1. The Morgan fingerprint density at radius 2 is 0.560 bits per heavy atom. The number of aliphatic hydroxyl groups excluding tert-OH is 3. The number of aliphatic hydroxyl groups is 3. The van der Waals surface area contributed by atoms with Crippen molar-refractivity contribution >= 4 is 47.8 Å². The van der Waals surface area contributed by atoms with Crippen molar-refractivity contribution in [1.82, 2.24) is 19.6 Å². The molecule has 7 N–H and O–H groups in total. The van der Waals surface area contributed by atoms with Gasteiger partial charge >= 0.3 is 142 Å². The third-order valence-corrected chi connectivity index (χ3v) is 4.73. The first-order valence-electron chi connectivity index (χ1n) is 12.7. The number of hydrogen-bond donors (Lipinski definition) is 7. The maximum absolute atomic E-state index is 10.5. The molecule has 266 valence electrons. The molecule has 27 heteroatoms. The normalized spacial score (nSPS) is 9.76. The minimum atomic E-state index is -1.51. The van der Waals surface area contributed by atoms with Crippen molar-refractivity contribution in [2.24, 2.45) is 0 Å². The molecule has 0 aromatic heterocycles. The second-order valence-electron chi connectivity index (χ2n) is 8.92. The summed E-state index contributed by atoms with van der Waals surface area (Å²) in [5.74, 6) is -11.0. The Labute approximate surface area is 374 Å². The maximum Gasteiger partial charge on any atom is 1.00 e. The van der Waals surface area contributed by atoms with Gasteiger partial charge in [-0.15, -0.1) is 0 Å². The Hall–Kier alpha value is -0.520. The van der Waals surface area contributed by atoms with Crippen molar-refractivity contribution in [2.75, 3.05) is 91.8 Å². The molecule has 0 unspecified atom stereocenters. The SMILES string of the molecule is O=C([O-])CN(CCN(CC(=O)O)CC(=O)O)CC(=O)[O-].O=C([O-])CN(CCN(CC(=O)O)CC(=O)O)CC(=O)[O-].OCC(O)CO.[Na+].[Na+].[Na+].[Na+]. The largest absolute Gasteiger partial charge is 1.00 e. The zero-order valence-corrected chi connectivity index (χ0v) is 36.3. The van der Waals surface area contributed by atoms with Crippen LogP contribution < -0.4 is 139 Å². The van der Waals surface area contributed by atoms with Crippen molar-refractivity contribution in [3.63, 3.8) is 0 Å². The molecule has 0 fully saturated rings. The van der Waals surface area contributed by atoms with Gasteiger partial charge in [-0.3, -0.25) is 38.8 Å². The standard InChI is InChI=1S/2C10H16N2O8.C3H8O3.4Na/c2*13-7(14)3-11(4-8(15)16)1-2-12(5-9(17)18)6-10(19)20;4-1-3(6)2-5;;;;/h2*1-6H2,(H,13,14)(H,15,16)(H,17,18)(H,19,20);3-6H,1-2H2;;;;/q;;;4*+1/p-4. The Morgan fingerprint density at radius 3 is 0.660 bits per heavy atom. The van der Waals surface area contributed by atoms with Crippen molar-refractivity contribution in [2.45, 2.75) is 6.10 Å². The molecule has 0 amide bonds. The van der Waals surface area contributed by atoms with Crippen molar-refractivity contribution in [3.05, 3.63) is 0 Å². The fourth-order valence-electron chi connectivity index (χ4n) is 2.97. The van der Waals surface area contributed by atoms with Crippen LogP contribution in [-0.2, 0) is 38.4 Å². The van der Waals surface area contributed by atoms with Crippen LogP contribution in [0, 0.1) is 0 Å². The van der Waals surface area contributed by atoms with Crippen LogP contribution in [0.15, 0.2) is 0 Å². The molecular weight excluding hydrogens is 728 g/mol. The number of carbonyl (C=O) groups is 8. The topological polar surface area (TPSA) is 383 Å². The summed E-state index contributed by atoms with van der Waals surface area (Å²) in [7, 11) is 0. The van der Waals surface area contributed by atoms with Crippen LogP contribution >= 0.6 is 0 Å². The van der Waals surface area contributed by atoms with Crippen molar-refractivity contribution < 1.29 is 213 Å². The first kappa shape index (κ1) is 64.4. The van der Waals surface area contributed by atoms with Gasteiger partial charge in [0, 0.05) is 52.4 Å². The maximum atomic E-state index is 10.5. The summed E-state index contributed by atoms with van der Waals surface area (Å²) < 4.78 is 0.